The summed E-state index contributed by atoms with van der Waals surface area (Å²) in [5.74, 6) is -0.369. The van der Waals surface area contributed by atoms with Gasteiger partial charge in [0.05, 0.1) is 18.1 Å². The van der Waals surface area contributed by atoms with Crippen LogP contribution in [0.2, 0.25) is 0 Å². The van der Waals surface area contributed by atoms with Crippen molar-refractivity contribution >= 4 is 41.8 Å². The Balaban J connectivity index is 0.000000742. The summed E-state index contributed by atoms with van der Waals surface area (Å²) >= 11 is 0. The molecule has 0 bridgehead atoms. The van der Waals surface area contributed by atoms with E-state index in [9.17, 15) is 34.1 Å². The largest absolute Gasteiger partial charge is 0.497 e. The second-order valence-corrected chi connectivity index (χ2v) is 12.0. The van der Waals surface area contributed by atoms with Crippen molar-refractivity contribution in [3.63, 3.8) is 0 Å². The summed E-state index contributed by atoms with van der Waals surface area (Å²) in [4.78, 5) is 70.0. The van der Waals surface area contributed by atoms with Gasteiger partial charge in [-0.2, -0.15) is 0 Å². The van der Waals surface area contributed by atoms with E-state index in [0.717, 1.165) is 18.4 Å². The summed E-state index contributed by atoms with van der Waals surface area (Å²) in [6.45, 7) is 11.6. The zero-order valence-electron chi connectivity index (χ0n) is 29.7. The second-order valence-electron chi connectivity index (χ2n) is 12.0. The molecule has 0 saturated carbocycles. The number of alkyl carbamates (subject to hydrolysis) is 1. The van der Waals surface area contributed by atoms with Crippen LogP contribution in [0.1, 0.15) is 66.4 Å². The maximum atomic E-state index is 12.4. The molecule has 0 aliphatic carbocycles. The first-order chi connectivity index (χ1) is 23.6. The topological polar surface area (TPSA) is 205 Å². The number of carbonyl (C=O) groups excluding carboxylic acids is 5. The van der Waals surface area contributed by atoms with Crippen LogP contribution in [0.5, 0.6) is 5.75 Å². The van der Waals surface area contributed by atoms with E-state index in [2.05, 4.69) is 29.8 Å². The van der Waals surface area contributed by atoms with Crippen LogP contribution in [0.25, 0.3) is 0 Å². The molecule has 1 heterocycles. The van der Waals surface area contributed by atoms with Gasteiger partial charge in [0.1, 0.15) is 37.2 Å². The fourth-order valence-electron chi connectivity index (χ4n) is 4.09. The molecule has 1 aliphatic heterocycles. The molecular weight excluding hydrogens is 654 g/mol. The van der Waals surface area contributed by atoms with E-state index in [1.807, 2.05) is 0 Å². The number of rotatable bonds is 12. The van der Waals surface area contributed by atoms with Gasteiger partial charge in [0, 0.05) is 24.4 Å². The average molecular weight is 704 g/mol. The van der Waals surface area contributed by atoms with E-state index in [1.165, 1.54) is 32.6 Å². The van der Waals surface area contributed by atoms with Gasteiger partial charge in [-0.25, -0.2) is 9.59 Å². The first-order valence-corrected chi connectivity index (χ1v) is 16.1. The van der Waals surface area contributed by atoms with Crippen molar-refractivity contribution in [1.29, 1.82) is 0 Å². The number of nitro groups is 1. The van der Waals surface area contributed by atoms with Crippen LogP contribution < -0.4 is 20.7 Å². The minimum Gasteiger partial charge on any atom is -0.497 e. The first-order valence-electron chi connectivity index (χ1n) is 16.1. The third kappa shape index (κ3) is 17.1. The number of benzene rings is 2. The molecule has 3 N–H and O–H groups in total. The number of hydrogen-bond donors (Lipinski definition) is 3. The third-order valence-electron chi connectivity index (χ3n) is 6.40. The van der Waals surface area contributed by atoms with Crippen LogP contribution in [0.15, 0.2) is 48.5 Å². The summed E-state index contributed by atoms with van der Waals surface area (Å²) in [5, 5.41) is 17.7. The number of nitro benzene ring substituents is 1. The number of hydrogen-bond acceptors (Lipinski definition) is 11. The minimum absolute atomic E-state index is 0.0436. The molecule has 3 rings (SSSR count). The molecule has 2 aromatic rings. The van der Waals surface area contributed by atoms with E-state index in [1.54, 1.807) is 62.1 Å². The first kappa shape index (κ1) is 42.6. The number of non-ortho nitro benzene ring substituents is 1. The van der Waals surface area contributed by atoms with E-state index >= 15 is 0 Å². The normalized spacial score (nSPS) is 13.8. The van der Waals surface area contributed by atoms with Crippen LogP contribution in [-0.4, -0.2) is 84.8 Å². The van der Waals surface area contributed by atoms with E-state index in [4.69, 9.17) is 18.9 Å². The molecule has 1 aliphatic rings. The second kappa shape index (κ2) is 22.3. The smallest absolute Gasteiger partial charge is 0.410 e. The van der Waals surface area contributed by atoms with Gasteiger partial charge in [0.25, 0.3) is 12.2 Å². The number of anilines is 1. The highest BCUT2D eigenvalue weighted by atomic mass is 16.6. The predicted octanol–water partition coefficient (Wildman–Crippen LogP) is 4.95. The molecule has 0 aromatic heterocycles. The maximum absolute atomic E-state index is 12.4. The Morgan fingerprint density at radius 2 is 1.68 bits per heavy atom. The highest BCUT2D eigenvalue weighted by Gasteiger charge is 2.30. The highest BCUT2D eigenvalue weighted by Crippen LogP contribution is 2.20. The third-order valence-corrected chi connectivity index (χ3v) is 6.40. The molecular formula is C34H49N5O11. The Hall–Kier alpha value is -5.41. The molecule has 4 amide bonds. The molecule has 0 spiro atoms. The lowest BCUT2D eigenvalue weighted by Crippen LogP contribution is -2.46. The molecule has 0 radical (unpaired) electrons. The average Bonchev–Trinajstić information content (AvgIpc) is 3.54. The van der Waals surface area contributed by atoms with E-state index in [0.29, 0.717) is 24.5 Å². The van der Waals surface area contributed by atoms with E-state index < -0.39 is 40.6 Å². The molecule has 16 nitrogen and oxygen atoms in total. The van der Waals surface area contributed by atoms with Crippen molar-refractivity contribution in [2.45, 2.75) is 85.1 Å². The van der Waals surface area contributed by atoms with Gasteiger partial charge in [0.2, 0.25) is 11.8 Å². The lowest BCUT2D eigenvalue weighted by molar-refractivity contribution is -0.384. The van der Waals surface area contributed by atoms with Gasteiger partial charge in [-0.1, -0.05) is 32.4 Å². The standard InChI is InChI=1S/C24H34N4O8.C7H7NO3.C3H8/c1-16(26-20(30)12-25-22(32)36-24(2,3)4)21(31)27-18-9-7-17(8-10-18)13-35-23(33)28-11-5-6-19(28)14-34-15-29;1-11-7-4-2-6(3-5-7)8(9)10;1-3-2/h7-10,15-16,19H,5-6,11-14H2,1-4H3,(H,25,32)(H,26,30)(H,27,31);2-5H,1H3;3H2,1-2H3. The van der Waals surface area contributed by atoms with Gasteiger partial charge in [0.15, 0.2) is 0 Å². The number of amides is 4. The number of carbonyl (C=O) groups is 5. The maximum Gasteiger partial charge on any atom is 0.410 e. The number of nitrogens with one attached hydrogen (secondary N) is 3. The predicted molar refractivity (Wildman–Crippen MR) is 184 cm³/mol. The number of methoxy groups -OCH3 is 1. The molecule has 1 fully saturated rings. The molecule has 2 aromatic carbocycles. The van der Waals surface area contributed by atoms with Crippen LogP contribution >= 0.6 is 0 Å². The quantitative estimate of drug-likeness (QED) is 0.117. The van der Waals surface area contributed by atoms with Gasteiger partial charge in [-0.3, -0.25) is 24.5 Å². The fourth-order valence-corrected chi connectivity index (χ4v) is 4.09. The Bertz CT molecular complexity index is 1380. The Labute approximate surface area is 292 Å². The van der Waals surface area contributed by atoms with Crippen molar-refractivity contribution in [2.24, 2.45) is 0 Å². The van der Waals surface area contributed by atoms with Gasteiger partial charge >= 0.3 is 12.2 Å². The summed E-state index contributed by atoms with van der Waals surface area (Å²) in [7, 11) is 1.52. The number of ether oxygens (including phenoxy) is 4. The minimum atomic E-state index is -0.852. The highest BCUT2D eigenvalue weighted by molar-refractivity contribution is 5.97. The summed E-state index contributed by atoms with van der Waals surface area (Å²) in [5.41, 5.74) is 0.602. The molecule has 16 heteroatoms. The summed E-state index contributed by atoms with van der Waals surface area (Å²) in [6, 6.07) is 11.6. The van der Waals surface area contributed by atoms with Crippen LogP contribution in [0.3, 0.4) is 0 Å². The SMILES string of the molecule is CC(NC(=O)CNC(=O)OC(C)(C)C)C(=O)Nc1ccc(COC(=O)N2CCCC2COC=O)cc1.CCC.COc1ccc([N+](=O)[O-])cc1. The molecule has 1 saturated heterocycles. The van der Waals surface area contributed by atoms with Crippen molar-refractivity contribution in [2.75, 3.05) is 32.1 Å². The lowest BCUT2D eigenvalue weighted by atomic mass is 10.2. The number of nitrogens with zero attached hydrogens (tertiary/aromatic N) is 2. The monoisotopic (exact) mass is 703 g/mol. The van der Waals surface area contributed by atoms with Gasteiger partial charge in [-0.05, 0) is 70.4 Å². The van der Waals surface area contributed by atoms with Crippen LogP contribution in [-0.2, 0) is 35.2 Å². The van der Waals surface area contributed by atoms with Crippen molar-refractivity contribution in [3.05, 3.63) is 64.2 Å². The zero-order valence-corrected chi connectivity index (χ0v) is 29.7. The van der Waals surface area contributed by atoms with Crippen molar-refractivity contribution < 1.29 is 47.8 Å². The summed E-state index contributed by atoms with van der Waals surface area (Å²) < 4.78 is 20.0. The fraction of sp³-hybridized carbons (Fsp3) is 0.500. The van der Waals surface area contributed by atoms with Crippen molar-refractivity contribution in [3.8, 4) is 5.75 Å². The molecule has 2 atom stereocenters. The molecule has 2 unspecified atom stereocenters. The van der Waals surface area contributed by atoms with E-state index in [-0.39, 0.29) is 31.5 Å². The van der Waals surface area contributed by atoms with Gasteiger partial charge in [-0.15, -0.1) is 0 Å². The van der Waals surface area contributed by atoms with Gasteiger partial charge < -0.3 is 39.8 Å². The van der Waals surface area contributed by atoms with Crippen molar-refractivity contribution in [1.82, 2.24) is 15.5 Å². The zero-order chi connectivity index (χ0) is 37.7. The summed E-state index contributed by atoms with van der Waals surface area (Å²) in [6.07, 6.45) is 1.61. The number of likely N-dealkylation sites (tertiary alicyclic amines) is 1. The Morgan fingerprint density at radius 1 is 1.06 bits per heavy atom. The van der Waals surface area contributed by atoms with Crippen LogP contribution in [0.4, 0.5) is 21.0 Å². The molecule has 50 heavy (non-hydrogen) atoms. The molecule has 276 valence electrons. The lowest BCUT2D eigenvalue weighted by Gasteiger charge is -2.23. The van der Waals surface area contributed by atoms with Crippen LogP contribution in [0, 0.1) is 10.1 Å². The Morgan fingerprint density at radius 3 is 2.22 bits per heavy atom. The Kier molecular flexibility index (Phi) is 19.0.